The lowest BCUT2D eigenvalue weighted by Crippen LogP contribution is -2.52. The fourth-order valence-electron chi connectivity index (χ4n) is 3.59. The molecule has 0 fully saturated rings. The number of benzene rings is 2. The number of fused-ring (bicyclic) bond motifs is 5. The molecule has 0 saturated carbocycles. The van der Waals surface area contributed by atoms with E-state index in [-0.39, 0.29) is 40.7 Å². The van der Waals surface area contributed by atoms with Crippen molar-refractivity contribution in [1.29, 1.82) is 0 Å². The zero-order valence-electron chi connectivity index (χ0n) is 12.7. The molecule has 2 aliphatic rings. The molecule has 0 radical (unpaired) electrons. The van der Waals surface area contributed by atoms with E-state index in [1.807, 2.05) is 0 Å². The van der Waals surface area contributed by atoms with Crippen LogP contribution in [0.2, 0.25) is 0 Å². The molecule has 3 unspecified atom stereocenters. The number of alkyl halides is 3. The first-order valence-electron chi connectivity index (χ1n) is 7.46. The normalized spacial score (nSPS) is 24.2. The molecular formula is C17H15BrF3NO3. The van der Waals surface area contributed by atoms with E-state index in [4.69, 9.17) is 4.74 Å². The second kappa shape index (κ2) is 6.10. The van der Waals surface area contributed by atoms with Crippen LogP contribution in [0.5, 0.6) is 17.2 Å². The fourth-order valence-corrected chi connectivity index (χ4v) is 3.59. The summed E-state index contributed by atoms with van der Waals surface area (Å²) in [5.74, 6) is -0.672. The predicted octanol–water partition coefficient (Wildman–Crippen LogP) is 3.78. The summed E-state index contributed by atoms with van der Waals surface area (Å²) in [7, 11) is 0. The fraction of sp³-hybridized carbons (Fsp3) is 0.294. The third-order valence-corrected chi connectivity index (χ3v) is 4.61. The van der Waals surface area contributed by atoms with E-state index in [0.717, 1.165) is 0 Å². The molecule has 0 bridgehead atoms. The van der Waals surface area contributed by atoms with Crippen molar-refractivity contribution in [1.82, 2.24) is 5.32 Å². The van der Waals surface area contributed by atoms with Crippen molar-refractivity contribution in [3.8, 4) is 17.2 Å². The second-order valence-electron chi connectivity index (χ2n) is 6.04. The van der Waals surface area contributed by atoms with Crippen molar-refractivity contribution in [3.05, 3.63) is 53.1 Å². The maximum Gasteiger partial charge on any atom is 0.407 e. The quantitative estimate of drug-likeness (QED) is 0.571. The summed E-state index contributed by atoms with van der Waals surface area (Å²) in [5.41, 5.74) is 1.28. The largest absolute Gasteiger partial charge is 0.504 e. The number of halogens is 4. The number of hydrogen-bond donors (Lipinski definition) is 3. The Morgan fingerprint density at radius 1 is 1.00 bits per heavy atom. The van der Waals surface area contributed by atoms with Gasteiger partial charge in [0.25, 0.3) is 0 Å². The number of phenolic OH excluding ortho intramolecular Hbond substituents is 2. The second-order valence-corrected chi connectivity index (χ2v) is 6.04. The third kappa shape index (κ3) is 2.83. The molecule has 8 heteroatoms. The van der Waals surface area contributed by atoms with Crippen LogP contribution < -0.4 is 10.1 Å². The summed E-state index contributed by atoms with van der Waals surface area (Å²) in [6.45, 7) is 0.0444. The van der Waals surface area contributed by atoms with Crippen LogP contribution >= 0.6 is 17.0 Å². The summed E-state index contributed by atoms with van der Waals surface area (Å²) in [6.07, 6.45) is -4.42. The molecule has 3 atom stereocenters. The molecule has 0 aromatic heterocycles. The van der Waals surface area contributed by atoms with E-state index in [2.05, 4.69) is 5.32 Å². The molecule has 25 heavy (non-hydrogen) atoms. The van der Waals surface area contributed by atoms with Gasteiger partial charge in [-0.3, -0.25) is 5.32 Å². The highest BCUT2D eigenvalue weighted by atomic mass is 79.9. The monoisotopic (exact) mass is 417 g/mol. The first-order valence-corrected chi connectivity index (χ1v) is 7.46. The third-order valence-electron chi connectivity index (χ3n) is 4.61. The summed E-state index contributed by atoms with van der Waals surface area (Å²) in [5, 5.41) is 22.0. The molecule has 0 saturated heterocycles. The highest BCUT2D eigenvalue weighted by Gasteiger charge is 2.49. The van der Waals surface area contributed by atoms with E-state index >= 15 is 0 Å². The molecule has 4 rings (SSSR count). The molecule has 2 aromatic carbocycles. The Morgan fingerprint density at radius 2 is 1.64 bits per heavy atom. The zero-order valence-corrected chi connectivity index (χ0v) is 14.5. The molecular weight excluding hydrogens is 403 g/mol. The van der Waals surface area contributed by atoms with Crippen molar-refractivity contribution < 1.29 is 28.1 Å². The van der Waals surface area contributed by atoms with Gasteiger partial charge in [0.2, 0.25) is 0 Å². The topological polar surface area (TPSA) is 61.7 Å². The van der Waals surface area contributed by atoms with Gasteiger partial charge in [-0.1, -0.05) is 24.3 Å². The molecule has 4 nitrogen and oxygen atoms in total. The summed E-state index contributed by atoms with van der Waals surface area (Å²) >= 11 is 0. The van der Waals surface area contributed by atoms with Crippen LogP contribution in [0.25, 0.3) is 0 Å². The average molecular weight is 418 g/mol. The van der Waals surface area contributed by atoms with Crippen LogP contribution in [-0.4, -0.2) is 29.0 Å². The maximum absolute atomic E-state index is 13.4. The number of nitrogens with one attached hydrogen (secondary N) is 1. The maximum atomic E-state index is 13.4. The Kier molecular flexibility index (Phi) is 4.36. The molecule has 134 valence electrons. The number of hydrogen-bond acceptors (Lipinski definition) is 4. The number of rotatable bonds is 0. The Bertz CT molecular complexity index is 812. The van der Waals surface area contributed by atoms with Gasteiger partial charge in [-0.25, -0.2) is 0 Å². The minimum atomic E-state index is -4.42. The summed E-state index contributed by atoms with van der Waals surface area (Å²) in [4.78, 5) is 0. The van der Waals surface area contributed by atoms with E-state index < -0.39 is 24.2 Å². The van der Waals surface area contributed by atoms with Crippen LogP contribution in [0.3, 0.4) is 0 Å². The SMILES string of the molecule is Br.Oc1cc2c(cc1O)C1c3ccccc3C(C(F)(F)F)NC1CO2. The van der Waals surface area contributed by atoms with Gasteiger partial charge in [-0.2, -0.15) is 13.2 Å². The molecule has 0 aliphatic carbocycles. The Labute approximate surface area is 152 Å². The zero-order chi connectivity index (χ0) is 17.1. The highest BCUT2D eigenvalue weighted by molar-refractivity contribution is 8.93. The van der Waals surface area contributed by atoms with Crippen LogP contribution in [0, 0.1) is 0 Å². The predicted molar refractivity (Wildman–Crippen MR) is 89.6 cm³/mol. The van der Waals surface area contributed by atoms with E-state index in [1.165, 1.54) is 18.2 Å². The van der Waals surface area contributed by atoms with E-state index in [1.54, 1.807) is 18.2 Å². The van der Waals surface area contributed by atoms with E-state index in [0.29, 0.717) is 16.9 Å². The first kappa shape index (κ1) is 17.9. The summed E-state index contributed by atoms with van der Waals surface area (Å²) < 4.78 is 45.7. The van der Waals surface area contributed by atoms with Crippen LogP contribution in [0.4, 0.5) is 13.2 Å². The number of aromatic hydroxyl groups is 2. The van der Waals surface area contributed by atoms with Gasteiger partial charge >= 0.3 is 6.18 Å². The van der Waals surface area contributed by atoms with Crippen molar-refractivity contribution in [3.63, 3.8) is 0 Å². The van der Waals surface area contributed by atoms with Gasteiger partial charge in [-0.05, 0) is 17.2 Å². The van der Waals surface area contributed by atoms with Crippen molar-refractivity contribution in [2.24, 2.45) is 0 Å². The number of ether oxygens (including phenoxy) is 1. The average Bonchev–Trinajstić information content (AvgIpc) is 2.54. The molecule has 2 heterocycles. The summed E-state index contributed by atoms with van der Waals surface area (Å²) in [6, 6.07) is 6.72. The van der Waals surface area contributed by atoms with Crippen LogP contribution in [0.1, 0.15) is 28.7 Å². The van der Waals surface area contributed by atoms with Crippen molar-refractivity contribution in [2.75, 3.05) is 6.61 Å². The molecule has 2 aromatic rings. The lowest BCUT2D eigenvalue weighted by Gasteiger charge is -2.43. The lowest BCUT2D eigenvalue weighted by atomic mass is 9.76. The lowest BCUT2D eigenvalue weighted by molar-refractivity contribution is -0.162. The molecule has 0 spiro atoms. The minimum absolute atomic E-state index is 0. The Morgan fingerprint density at radius 3 is 2.32 bits per heavy atom. The van der Waals surface area contributed by atoms with Gasteiger partial charge in [0.1, 0.15) is 18.4 Å². The first-order chi connectivity index (χ1) is 11.4. The Hall–Kier alpha value is -1.93. The van der Waals surface area contributed by atoms with Crippen LogP contribution in [-0.2, 0) is 0 Å². The minimum Gasteiger partial charge on any atom is -0.504 e. The van der Waals surface area contributed by atoms with Crippen molar-refractivity contribution >= 4 is 17.0 Å². The molecule has 0 amide bonds. The number of phenols is 2. The van der Waals surface area contributed by atoms with Gasteiger partial charge in [0, 0.05) is 17.5 Å². The van der Waals surface area contributed by atoms with Gasteiger partial charge in [0.15, 0.2) is 11.5 Å². The van der Waals surface area contributed by atoms with Crippen molar-refractivity contribution in [2.45, 2.75) is 24.2 Å². The van der Waals surface area contributed by atoms with Gasteiger partial charge in [-0.15, -0.1) is 17.0 Å². The molecule has 2 aliphatic heterocycles. The van der Waals surface area contributed by atoms with Gasteiger partial charge < -0.3 is 14.9 Å². The Balaban J connectivity index is 0.00000182. The van der Waals surface area contributed by atoms with Crippen LogP contribution in [0.15, 0.2) is 36.4 Å². The van der Waals surface area contributed by atoms with E-state index in [9.17, 15) is 23.4 Å². The smallest absolute Gasteiger partial charge is 0.407 e. The molecule has 3 N–H and O–H groups in total. The highest BCUT2D eigenvalue weighted by Crippen LogP contribution is 2.49. The standard InChI is InChI=1S/C17H14F3NO3.BrH/c18-17(19,20)16-9-4-2-1-3-8(9)15-10-5-12(22)13(23)6-14(10)24-7-11(15)21-16;/h1-6,11,15-16,21-23H,7H2;1H. The van der Waals surface area contributed by atoms with Gasteiger partial charge in [0.05, 0.1) is 6.04 Å².